The number of rotatable bonds is 6. The summed E-state index contributed by atoms with van der Waals surface area (Å²) in [6.45, 7) is 3.40. The molecule has 0 radical (unpaired) electrons. The number of terminal acetylenes is 1. The van der Waals surface area contributed by atoms with Gasteiger partial charge in [-0.1, -0.05) is 36.3 Å². The van der Waals surface area contributed by atoms with Crippen molar-refractivity contribution in [2.75, 3.05) is 26.5 Å². The van der Waals surface area contributed by atoms with Gasteiger partial charge in [-0.2, -0.15) is 0 Å². The number of para-hydroxylation sites is 1. The number of carbonyl (C=O) groups is 1. The van der Waals surface area contributed by atoms with Gasteiger partial charge in [0.25, 0.3) is 5.91 Å². The first-order chi connectivity index (χ1) is 17.1. The van der Waals surface area contributed by atoms with Crippen LogP contribution >= 0.6 is 11.8 Å². The maximum atomic E-state index is 14.1. The van der Waals surface area contributed by atoms with Crippen LogP contribution in [0.5, 0.6) is 11.5 Å². The first kappa shape index (κ1) is 23.2. The minimum Gasteiger partial charge on any atom is -0.493 e. The molecule has 5 nitrogen and oxygen atoms in total. The van der Waals surface area contributed by atoms with Gasteiger partial charge in [-0.3, -0.25) is 4.79 Å². The van der Waals surface area contributed by atoms with Gasteiger partial charge in [-0.25, -0.2) is 0 Å². The van der Waals surface area contributed by atoms with Gasteiger partial charge < -0.3 is 18.9 Å². The molecule has 1 aromatic heterocycles. The summed E-state index contributed by atoms with van der Waals surface area (Å²) in [7, 11) is 3.26. The largest absolute Gasteiger partial charge is 0.493 e. The van der Waals surface area contributed by atoms with E-state index in [2.05, 4.69) is 29.6 Å². The highest BCUT2D eigenvalue weighted by atomic mass is 32.2. The number of fused-ring (bicyclic) bond motifs is 2. The van der Waals surface area contributed by atoms with Crippen molar-refractivity contribution in [1.29, 1.82) is 0 Å². The molecule has 0 bridgehead atoms. The predicted octanol–water partition coefficient (Wildman–Crippen LogP) is 5.51. The van der Waals surface area contributed by atoms with Crippen molar-refractivity contribution >= 4 is 28.6 Å². The van der Waals surface area contributed by atoms with Crippen LogP contribution in [0.2, 0.25) is 0 Å². The van der Waals surface area contributed by atoms with Gasteiger partial charge in [0.05, 0.1) is 25.7 Å². The van der Waals surface area contributed by atoms with Crippen LogP contribution in [0.15, 0.2) is 70.9 Å². The lowest BCUT2D eigenvalue weighted by molar-refractivity contribution is 0.0816. The SMILES string of the molecule is C#CC1CSC2=C(Cc3ccc(OC)c(OC)c3)N(C(=O)c3cn(CC)c4ccccc34)CC=C21. The van der Waals surface area contributed by atoms with Crippen LogP contribution < -0.4 is 9.47 Å². The van der Waals surface area contributed by atoms with Crippen molar-refractivity contribution in [3.63, 3.8) is 0 Å². The lowest BCUT2D eigenvalue weighted by Crippen LogP contribution is -2.34. The number of hydrogen-bond acceptors (Lipinski definition) is 4. The van der Waals surface area contributed by atoms with Crippen molar-refractivity contribution in [3.05, 3.63) is 82.0 Å². The Balaban J connectivity index is 1.58. The molecule has 2 aromatic carbocycles. The third-order valence-electron chi connectivity index (χ3n) is 6.74. The fourth-order valence-electron chi connectivity index (χ4n) is 4.93. The molecule has 3 heterocycles. The summed E-state index contributed by atoms with van der Waals surface area (Å²) in [5, 5.41) is 0.977. The van der Waals surface area contributed by atoms with Crippen molar-refractivity contribution in [2.45, 2.75) is 19.9 Å². The van der Waals surface area contributed by atoms with E-state index in [1.165, 1.54) is 5.57 Å². The van der Waals surface area contributed by atoms with E-state index >= 15 is 0 Å². The molecule has 1 amide bonds. The van der Waals surface area contributed by atoms with E-state index in [0.29, 0.717) is 24.5 Å². The molecule has 1 unspecified atom stereocenters. The fraction of sp³-hybridized carbons (Fsp3) is 0.276. The Hall–Kier alpha value is -3.56. The molecule has 5 rings (SSSR count). The number of benzene rings is 2. The number of ether oxygens (including phenoxy) is 2. The third kappa shape index (κ3) is 4.00. The Morgan fingerprint density at radius 1 is 1.17 bits per heavy atom. The number of allylic oxidation sites excluding steroid dienone is 2. The summed E-state index contributed by atoms with van der Waals surface area (Å²) in [5.41, 5.74) is 5.01. The van der Waals surface area contributed by atoms with Gasteiger partial charge in [0.1, 0.15) is 0 Å². The van der Waals surface area contributed by atoms with E-state index in [1.54, 1.807) is 26.0 Å². The maximum absolute atomic E-state index is 14.1. The molecule has 3 aromatic rings. The lowest BCUT2D eigenvalue weighted by Gasteiger charge is -2.30. The molecule has 0 N–H and O–H groups in total. The zero-order chi connectivity index (χ0) is 24.5. The molecule has 0 spiro atoms. The second kappa shape index (κ2) is 9.59. The van der Waals surface area contributed by atoms with E-state index in [9.17, 15) is 4.79 Å². The number of carbonyl (C=O) groups excluding carboxylic acids is 1. The van der Waals surface area contributed by atoms with E-state index in [1.807, 2.05) is 47.5 Å². The second-order valence-corrected chi connectivity index (χ2v) is 9.62. The average molecular weight is 485 g/mol. The molecule has 2 aliphatic heterocycles. The average Bonchev–Trinajstić information content (AvgIpc) is 3.50. The number of aromatic nitrogens is 1. The van der Waals surface area contributed by atoms with Crippen molar-refractivity contribution < 1.29 is 14.3 Å². The summed E-state index contributed by atoms with van der Waals surface area (Å²) in [5.74, 6) is 5.21. The zero-order valence-corrected chi connectivity index (χ0v) is 21.0. The van der Waals surface area contributed by atoms with Crippen LogP contribution in [-0.4, -0.2) is 41.9 Å². The highest BCUT2D eigenvalue weighted by molar-refractivity contribution is 8.03. The zero-order valence-electron chi connectivity index (χ0n) is 20.2. The number of hydrogen-bond donors (Lipinski definition) is 0. The standard InChI is InChI=1S/C29H28N2O3S/c1-5-20-18-35-28-21(20)13-14-31(25(28)15-19-11-12-26(33-3)27(16-19)34-4)29(32)23-17-30(6-2)24-10-8-7-9-22(23)24/h1,7-13,16-17,20H,6,14-15,18H2,2-4H3. The van der Waals surface area contributed by atoms with Gasteiger partial charge >= 0.3 is 0 Å². The number of thioether (sulfide) groups is 1. The molecule has 35 heavy (non-hydrogen) atoms. The highest BCUT2D eigenvalue weighted by Crippen LogP contribution is 2.46. The van der Waals surface area contributed by atoms with Crippen LogP contribution in [0.4, 0.5) is 0 Å². The Morgan fingerprint density at radius 2 is 1.97 bits per heavy atom. The van der Waals surface area contributed by atoms with Gasteiger partial charge in [-0.15, -0.1) is 18.2 Å². The Morgan fingerprint density at radius 3 is 2.71 bits per heavy atom. The van der Waals surface area contributed by atoms with Gasteiger partial charge in [0, 0.05) is 53.0 Å². The first-order valence-electron chi connectivity index (χ1n) is 11.7. The summed E-state index contributed by atoms with van der Waals surface area (Å²) >= 11 is 1.75. The quantitative estimate of drug-likeness (QED) is 0.433. The van der Waals surface area contributed by atoms with Gasteiger partial charge in [0.15, 0.2) is 11.5 Å². The number of aryl methyl sites for hydroxylation is 1. The predicted molar refractivity (Wildman–Crippen MR) is 142 cm³/mol. The van der Waals surface area contributed by atoms with E-state index in [4.69, 9.17) is 15.9 Å². The van der Waals surface area contributed by atoms with Crippen LogP contribution in [0.25, 0.3) is 10.9 Å². The Kier molecular flexibility index (Phi) is 6.36. The smallest absolute Gasteiger partial charge is 0.260 e. The monoisotopic (exact) mass is 484 g/mol. The third-order valence-corrected chi connectivity index (χ3v) is 8.00. The minimum atomic E-state index is 0.0106. The van der Waals surface area contributed by atoms with Crippen molar-refractivity contribution in [3.8, 4) is 23.8 Å². The number of nitrogens with zero attached hydrogens (tertiary/aromatic N) is 2. The molecular weight excluding hydrogens is 456 g/mol. The Bertz CT molecular complexity index is 1410. The molecular formula is C29H28N2O3S. The number of amides is 1. The normalized spacial score (nSPS) is 17.3. The Labute approximate surface area is 210 Å². The molecule has 1 atom stereocenters. The van der Waals surface area contributed by atoms with E-state index in [-0.39, 0.29) is 11.8 Å². The molecule has 6 heteroatoms. The highest BCUT2D eigenvalue weighted by Gasteiger charge is 2.35. The fourth-order valence-corrected chi connectivity index (χ4v) is 6.28. The molecule has 2 aliphatic rings. The van der Waals surface area contributed by atoms with Crippen LogP contribution in [0.1, 0.15) is 22.8 Å². The molecule has 1 saturated heterocycles. The summed E-state index contributed by atoms with van der Waals surface area (Å²) in [6, 6.07) is 14.0. The lowest BCUT2D eigenvalue weighted by atomic mass is 9.95. The van der Waals surface area contributed by atoms with Gasteiger partial charge in [0.2, 0.25) is 0 Å². The topological polar surface area (TPSA) is 43.7 Å². The van der Waals surface area contributed by atoms with Crippen LogP contribution in [-0.2, 0) is 13.0 Å². The summed E-state index contributed by atoms with van der Waals surface area (Å²) in [4.78, 5) is 17.1. The van der Waals surface area contributed by atoms with E-state index in [0.717, 1.165) is 44.9 Å². The van der Waals surface area contributed by atoms with Crippen molar-refractivity contribution in [1.82, 2.24) is 9.47 Å². The number of methoxy groups -OCH3 is 2. The summed E-state index contributed by atoms with van der Waals surface area (Å²) in [6.07, 6.45) is 10.5. The van der Waals surface area contributed by atoms with E-state index < -0.39 is 0 Å². The summed E-state index contributed by atoms with van der Waals surface area (Å²) < 4.78 is 13.1. The maximum Gasteiger partial charge on any atom is 0.260 e. The second-order valence-electron chi connectivity index (χ2n) is 8.59. The van der Waals surface area contributed by atoms with Crippen LogP contribution in [0, 0.1) is 18.3 Å². The first-order valence-corrected chi connectivity index (χ1v) is 12.7. The molecule has 1 fully saturated rings. The minimum absolute atomic E-state index is 0.0106. The molecule has 0 aliphatic carbocycles. The molecule has 178 valence electrons. The van der Waals surface area contributed by atoms with Crippen LogP contribution in [0.3, 0.4) is 0 Å². The van der Waals surface area contributed by atoms with Gasteiger partial charge in [-0.05, 0) is 36.3 Å². The molecule has 0 saturated carbocycles. The van der Waals surface area contributed by atoms with Crippen molar-refractivity contribution in [2.24, 2.45) is 5.92 Å².